The summed E-state index contributed by atoms with van der Waals surface area (Å²) in [5.74, 6) is 1.71. The number of hydrogen-bond acceptors (Lipinski definition) is 5. The Balaban J connectivity index is 1.44. The molecule has 152 valence electrons. The maximum Gasteiger partial charge on any atom is 0.193 e. The first-order valence-corrected chi connectivity index (χ1v) is 9.46. The molecule has 0 bridgehead atoms. The number of ether oxygens (including phenoxy) is 3. The highest BCUT2D eigenvalue weighted by Gasteiger charge is 2.25. The minimum atomic E-state index is 0.00259. The molecule has 8 nitrogen and oxygen atoms in total. The lowest BCUT2D eigenvalue weighted by Gasteiger charge is -2.34. The van der Waals surface area contributed by atoms with Gasteiger partial charge in [0.25, 0.3) is 0 Å². The van der Waals surface area contributed by atoms with Gasteiger partial charge in [0, 0.05) is 44.5 Å². The summed E-state index contributed by atoms with van der Waals surface area (Å²) < 4.78 is 18.8. The quantitative estimate of drug-likeness (QED) is 0.442. The lowest BCUT2D eigenvalue weighted by Crippen LogP contribution is -2.48. The Morgan fingerprint density at radius 2 is 2.25 bits per heavy atom. The Morgan fingerprint density at radius 1 is 1.39 bits per heavy atom. The van der Waals surface area contributed by atoms with Gasteiger partial charge in [0.2, 0.25) is 0 Å². The molecule has 0 aliphatic carbocycles. The molecule has 8 heteroatoms. The van der Waals surface area contributed by atoms with Crippen LogP contribution in [0.1, 0.15) is 17.2 Å². The van der Waals surface area contributed by atoms with E-state index < -0.39 is 0 Å². The van der Waals surface area contributed by atoms with E-state index in [0.717, 1.165) is 35.9 Å². The third-order valence-corrected chi connectivity index (χ3v) is 4.65. The average Bonchev–Trinajstić information content (AvgIpc) is 3.17. The molecule has 1 aromatic heterocycles. The fraction of sp³-hybridized carbons (Fsp3) is 0.500. The van der Waals surface area contributed by atoms with Crippen molar-refractivity contribution in [3.8, 4) is 5.75 Å². The molecule has 1 saturated heterocycles. The average molecular weight is 387 g/mol. The predicted octanol–water partition coefficient (Wildman–Crippen LogP) is 1.59. The zero-order valence-electron chi connectivity index (χ0n) is 16.8. The summed E-state index contributed by atoms with van der Waals surface area (Å²) in [7, 11) is 5.38. The van der Waals surface area contributed by atoms with Crippen molar-refractivity contribution in [2.24, 2.45) is 12.0 Å². The summed E-state index contributed by atoms with van der Waals surface area (Å²) in [6, 6.07) is 7.89. The van der Waals surface area contributed by atoms with E-state index in [-0.39, 0.29) is 6.10 Å². The SMILES string of the molecule is CN=C(NCCOCc1ccccc1OC)N1CCOC(c2cnn(C)c2)C1. The van der Waals surface area contributed by atoms with E-state index in [4.69, 9.17) is 14.2 Å². The van der Waals surface area contributed by atoms with E-state index in [1.165, 1.54) is 0 Å². The fourth-order valence-electron chi connectivity index (χ4n) is 3.22. The zero-order valence-corrected chi connectivity index (χ0v) is 16.8. The van der Waals surface area contributed by atoms with Crippen LogP contribution in [0.3, 0.4) is 0 Å². The van der Waals surface area contributed by atoms with Gasteiger partial charge in [-0.2, -0.15) is 5.10 Å². The molecule has 1 fully saturated rings. The second kappa shape index (κ2) is 10.1. The molecule has 1 aliphatic heterocycles. The molecule has 0 amide bonds. The van der Waals surface area contributed by atoms with E-state index in [0.29, 0.717) is 26.4 Å². The van der Waals surface area contributed by atoms with E-state index in [9.17, 15) is 0 Å². The maximum absolute atomic E-state index is 5.90. The van der Waals surface area contributed by atoms with Crippen LogP contribution in [-0.2, 0) is 23.1 Å². The minimum Gasteiger partial charge on any atom is -0.496 e. The van der Waals surface area contributed by atoms with Crippen LogP contribution in [0, 0.1) is 0 Å². The molecule has 1 aliphatic rings. The van der Waals surface area contributed by atoms with Crippen molar-refractivity contribution in [1.82, 2.24) is 20.0 Å². The summed E-state index contributed by atoms with van der Waals surface area (Å²) in [6.07, 6.45) is 3.86. The number of hydrogen-bond donors (Lipinski definition) is 1. The number of aromatic nitrogens is 2. The van der Waals surface area contributed by atoms with Gasteiger partial charge >= 0.3 is 0 Å². The lowest BCUT2D eigenvalue weighted by atomic mass is 10.1. The Labute approximate surface area is 166 Å². The van der Waals surface area contributed by atoms with Crippen molar-refractivity contribution in [2.75, 3.05) is 47.0 Å². The Kier molecular flexibility index (Phi) is 7.27. The Hall–Kier alpha value is -2.58. The van der Waals surface area contributed by atoms with Crippen LogP contribution in [0.25, 0.3) is 0 Å². The molecule has 1 N–H and O–H groups in total. The molecule has 1 aromatic carbocycles. The summed E-state index contributed by atoms with van der Waals surface area (Å²) >= 11 is 0. The fourth-order valence-corrected chi connectivity index (χ4v) is 3.22. The highest BCUT2D eigenvalue weighted by molar-refractivity contribution is 5.80. The summed E-state index contributed by atoms with van der Waals surface area (Å²) in [5.41, 5.74) is 2.13. The number of aliphatic imine (C=N–C) groups is 1. The molecule has 28 heavy (non-hydrogen) atoms. The van der Waals surface area contributed by atoms with Gasteiger partial charge in [-0.15, -0.1) is 0 Å². The van der Waals surface area contributed by atoms with Gasteiger partial charge in [0.1, 0.15) is 11.9 Å². The smallest absolute Gasteiger partial charge is 0.193 e. The Bertz CT molecular complexity index is 777. The highest BCUT2D eigenvalue weighted by atomic mass is 16.5. The molecular weight excluding hydrogens is 358 g/mol. The van der Waals surface area contributed by atoms with Crippen LogP contribution in [0.15, 0.2) is 41.7 Å². The van der Waals surface area contributed by atoms with Gasteiger partial charge in [-0.25, -0.2) is 0 Å². The summed E-state index contributed by atoms with van der Waals surface area (Å²) in [5, 5.41) is 7.61. The number of methoxy groups -OCH3 is 1. The van der Waals surface area contributed by atoms with Gasteiger partial charge < -0.3 is 24.4 Å². The van der Waals surface area contributed by atoms with Crippen LogP contribution in [-0.4, -0.2) is 67.6 Å². The van der Waals surface area contributed by atoms with Crippen LogP contribution in [0.5, 0.6) is 5.75 Å². The third-order valence-electron chi connectivity index (χ3n) is 4.65. The molecule has 0 saturated carbocycles. The largest absolute Gasteiger partial charge is 0.496 e. The van der Waals surface area contributed by atoms with Crippen LogP contribution >= 0.6 is 0 Å². The molecular formula is C20H29N5O3. The number of nitrogens with one attached hydrogen (secondary N) is 1. The first kappa shape index (κ1) is 20.2. The van der Waals surface area contributed by atoms with Crippen molar-refractivity contribution >= 4 is 5.96 Å². The topological polar surface area (TPSA) is 73.1 Å². The number of morpholine rings is 1. The third kappa shape index (κ3) is 5.24. The maximum atomic E-state index is 5.90. The molecule has 2 aromatic rings. The van der Waals surface area contributed by atoms with Gasteiger partial charge in [-0.3, -0.25) is 9.67 Å². The zero-order chi connectivity index (χ0) is 19.8. The summed E-state index contributed by atoms with van der Waals surface area (Å²) in [4.78, 5) is 6.62. The van der Waals surface area contributed by atoms with Crippen molar-refractivity contribution in [3.05, 3.63) is 47.8 Å². The number of rotatable bonds is 7. The number of para-hydroxylation sites is 1. The minimum absolute atomic E-state index is 0.00259. The molecule has 3 rings (SSSR count). The monoisotopic (exact) mass is 387 g/mol. The van der Waals surface area contributed by atoms with Crippen molar-refractivity contribution in [1.29, 1.82) is 0 Å². The second-order valence-electron chi connectivity index (χ2n) is 6.59. The van der Waals surface area contributed by atoms with E-state index in [2.05, 4.69) is 20.3 Å². The van der Waals surface area contributed by atoms with Crippen molar-refractivity contribution < 1.29 is 14.2 Å². The standard InChI is InChI=1S/C20H29N5O3/c1-21-20(22-8-10-27-15-16-6-4-5-7-18(16)26-3)25-9-11-28-19(14-25)17-12-23-24(2)13-17/h4-7,12-13,19H,8-11,14-15H2,1-3H3,(H,21,22). The Morgan fingerprint density at radius 3 is 3.00 bits per heavy atom. The number of guanidine groups is 1. The first-order valence-electron chi connectivity index (χ1n) is 9.46. The number of benzene rings is 1. The van der Waals surface area contributed by atoms with E-state index in [1.807, 2.05) is 43.7 Å². The second-order valence-corrected chi connectivity index (χ2v) is 6.59. The van der Waals surface area contributed by atoms with Crippen molar-refractivity contribution in [3.63, 3.8) is 0 Å². The predicted molar refractivity (Wildman–Crippen MR) is 107 cm³/mol. The van der Waals surface area contributed by atoms with Crippen LogP contribution < -0.4 is 10.1 Å². The highest BCUT2D eigenvalue weighted by Crippen LogP contribution is 2.21. The van der Waals surface area contributed by atoms with Gasteiger partial charge in [0.05, 0.1) is 39.7 Å². The van der Waals surface area contributed by atoms with Gasteiger partial charge in [0.15, 0.2) is 5.96 Å². The molecule has 1 atom stereocenters. The van der Waals surface area contributed by atoms with E-state index in [1.54, 1.807) is 18.8 Å². The number of nitrogens with zero attached hydrogens (tertiary/aromatic N) is 4. The van der Waals surface area contributed by atoms with Crippen LogP contribution in [0.4, 0.5) is 0 Å². The lowest BCUT2D eigenvalue weighted by molar-refractivity contribution is -0.00816. The van der Waals surface area contributed by atoms with Gasteiger partial charge in [-0.1, -0.05) is 18.2 Å². The van der Waals surface area contributed by atoms with Crippen LogP contribution in [0.2, 0.25) is 0 Å². The molecule has 1 unspecified atom stereocenters. The normalized spacial score (nSPS) is 17.6. The van der Waals surface area contributed by atoms with Gasteiger partial charge in [-0.05, 0) is 6.07 Å². The first-order chi connectivity index (χ1) is 13.7. The number of aryl methyl sites for hydroxylation is 1. The van der Waals surface area contributed by atoms with E-state index >= 15 is 0 Å². The molecule has 0 spiro atoms. The summed E-state index contributed by atoms with van der Waals surface area (Å²) in [6.45, 7) is 3.98. The van der Waals surface area contributed by atoms with Crippen molar-refractivity contribution in [2.45, 2.75) is 12.7 Å². The molecule has 2 heterocycles. The molecule has 0 radical (unpaired) electrons.